The molecule has 0 radical (unpaired) electrons. The first kappa shape index (κ1) is 31.0. The summed E-state index contributed by atoms with van der Waals surface area (Å²) in [5.41, 5.74) is 2.56. The molecular formula is C37H62O2. The summed E-state index contributed by atoms with van der Waals surface area (Å²) in [6, 6.07) is 0. The zero-order valence-electron chi connectivity index (χ0n) is 26.8. The Labute approximate surface area is 241 Å². The molecule has 0 saturated heterocycles. The van der Waals surface area contributed by atoms with Gasteiger partial charge >= 0.3 is 0 Å². The summed E-state index contributed by atoms with van der Waals surface area (Å²) in [6.45, 7) is 16.4. The first-order chi connectivity index (χ1) is 18.5. The molecule has 0 aromatic heterocycles. The van der Waals surface area contributed by atoms with Gasteiger partial charge in [-0.25, -0.2) is 0 Å². The highest BCUT2D eigenvalue weighted by Gasteiger charge is 2.59. The van der Waals surface area contributed by atoms with Crippen LogP contribution >= 0.6 is 0 Å². The summed E-state index contributed by atoms with van der Waals surface area (Å²) >= 11 is 0. The van der Waals surface area contributed by atoms with Gasteiger partial charge in [0.15, 0.2) is 0 Å². The Bertz CT molecular complexity index is 884. The van der Waals surface area contributed by atoms with Crippen LogP contribution < -0.4 is 0 Å². The lowest BCUT2D eigenvalue weighted by molar-refractivity contribution is -0.132. The van der Waals surface area contributed by atoms with E-state index >= 15 is 0 Å². The first-order valence-corrected chi connectivity index (χ1v) is 17.2. The molecule has 5 unspecified atom stereocenters. The molecule has 0 aromatic rings. The second-order valence-electron chi connectivity index (χ2n) is 15.7. The summed E-state index contributed by atoms with van der Waals surface area (Å²) < 4.78 is 0. The fourth-order valence-corrected chi connectivity index (χ4v) is 10.6. The van der Waals surface area contributed by atoms with Gasteiger partial charge in [0.05, 0.1) is 5.92 Å². The van der Waals surface area contributed by atoms with Gasteiger partial charge in [-0.15, -0.1) is 0 Å². The van der Waals surface area contributed by atoms with Crippen molar-refractivity contribution in [2.75, 3.05) is 0 Å². The number of hydrogen-bond donors (Lipinski definition) is 0. The van der Waals surface area contributed by atoms with Crippen molar-refractivity contribution in [3.8, 4) is 0 Å². The second-order valence-corrected chi connectivity index (χ2v) is 15.7. The van der Waals surface area contributed by atoms with Crippen molar-refractivity contribution in [1.29, 1.82) is 0 Å². The molecule has 4 aliphatic rings. The molecule has 2 nitrogen and oxygen atoms in total. The predicted octanol–water partition coefficient (Wildman–Crippen LogP) is 10.4. The summed E-state index contributed by atoms with van der Waals surface area (Å²) in [5, 5.41) is 0. The van der Waals surface area contributed by atoms with E-state index in [0.29, 0.717) is 23.2 Å². The van der Waals surface area contributed by atoms with Gasteiger partial charge in [-0.2, -0.15) is 0 Å². The minimum atomic E-state index is -0.353. The molecule has 9 atom stereocenters. The monoisotopic (exact) mass is 538 g/mol. The summed E-state index contributed by atoms with van der Waals surface area (Å²) in [7, 11) is 0. The van der Waals surface area contributed by atoms with Gasteiger partial charge in [-0.05, 0) is 117 Å². The molecule has 2 heteroatoms. The third kappa shape index (κ3) is 6.45. The van der Waals surface area contributed by atoms with Crippen molar-refractivity contribution >= 4 is 11.6 Å². The maximum Gasteiger partial charge on any atom is 0.143 e. The van der Waals surface area contributed by atoms with E-state index in [1.807, 2.05) is 0 Å². The molecule has 4 aliphatic carbocycles. The number of hydrogen-bond acceptors (Lipinski definition) is 2. The molecule has 0 N–H and O–H groups in total. The topological polar surface area (TPSA) is 34.1 Å². The fraction of sp³-hybridized carbons (Fsp3) is 0.892. The standard InChI is InChI=1S/C37H62O2/c1-8-9-10-14-30(27(5)38)35(39)24-28-19-21-36(6)29(23-28)15-16-31-33-18-17-32(26(4)13-11-12-25(2)3)37(33,7)22-20-34(31)36/h15,25-26,28,30-34H,8-14,16-24H2,1-7H3/t26-,28?,30?,31?,32-,33?,34?,36+,37-/m1/s1. The maximum atomic E-state index is 13.2. The summed E-state index contributed by atoms with van der Waals surface area (Å²) in [4.78, 5) is 25.5. The molecule has 0 bridgehead atoms. The van der Waals surface area contributed by atoms with E-state index in [4.69, 9.17) is 0 Å². The average molecular weight is 539 g/mol. The van der Waals surface area contributed by atoms with Crippen molar-refractivity contribution in [2.24, 2.45) is 58.2 Å². The van der Waals surface area contributed by atoms with E-state index in [-0.39, 0.29) is 17.5 Å². The van der Waals surface area contributed by atoms with Crippen LogP contribution in [-0.4, -0.2) is 11.6 Å². The van der Waals surface area contributed by atoms with Crippen LogP contribution in [-0.2, 0) is 9.59 Å². The summed E-state index contributed by atoms with van der Waals surface area (Å²) in [6.07, 6.45) is 22.0. The Morgan fingerprint density at radius 2 is 1.69 bits per heavy atom. The molecular weight excluding hydrogens is 476 g/mol. The lowest BCUT2D eigenvalue weighted by atomic mass is 9.46. The van der Waals surface area contributed by atoms with Gasteiger partial charge < -0.3 is 0 Å². The van der Waals surface area contributed by atoms with E-state index in [0.717, 1.165) is 67.6 Å². The second kappa shape index (κ2) is 12.9. The highest BCUT2D eigenvalue weighted by Crippen LogP contribution is 2.67. The number of carbonyl (C=O) groups excluding carboxylic acids is 2. The van der Waals surface area contributed by atoms with Gasteiger partial charge in [0.25, 0.3) is 0 Å². The number of carbonyl (C=O) groups is 2. The van der Waals surface area contributed by atoms with Crippen molar-refractivity contribution < 1.29 is 9.59 Å². The molecule has 0 aromatic carbocycles. The molecule has 4 rings (SSSR count). The number of rotatable bonds is 13. The Kier molecular flexibility index (Phi) is 10.3. The van der Waals surface area contributed by atoms with Gasteiger partial charge in [-0.3, -0.25) is 9.59 Å². The Morgan fingerprint density at radius 3 is 2.38 bits per heavy atom. The normalized spacial score (nSPS) is 37.4. The number of Topliss-reactive ketones (excluding diaryl/α,β-unsaturated/α-hetero) is 2. The van der Waals surface area contributed by atoms with E-state index in [9.17, 15) is 9.59 Å². The molecule has 0 aliphatic heterocycles. The molecule has 3 fully saturated rings. The van der Waals surface area contributed by atoms with Gasteiger partial charge in [-0.1, -0.05) is 91.7 Å². The van der Waals surface area contributed by atoms with Crippen LogP contribution in [0.15, 0.2) is 11.6 Å². The van der Waals surface area contributed by atoms with Gasteiger partial charge in [0, 0.05) is 6.42 Å². The lowest BCUT2D eigenvalue weighted by Crippen LogP contribution is -2.50. The molecule has 39 heavy (non-hydrogen) atoms. The van der Waals surface area contributed by atoms with Crippen LogP contribution in [0.5, 0.6) is 0 Å². The Hall–Kier alpha value is -0.920. The zero-order valence-corrected chi connectivity index (χ0v) is 26.8. The molecule has 222 valence electrons. The van der Waals surface area contributed by atoms with Crippen LogP contribution in [0.1, 0.15) is 151 Å². The van der Waals surface area contributed by atoms with Crippen LogP contribution in [0.2, 0.25) is 0 Å². The van der Waals surface area contributed by atoms with Crippen LogP contribution in [0, 0.1) is 58.2 Å². The van der Waals surface area contributed by atoms with Gasteiger partial charge in [0.1, 0.15) is 11.6 Å². The first-order valence-electron chi connectivity index (χ1n) is 17.2. The van der Waals surface area contributed by atoms with Crippen molar-refractivity contribution in [3.63, 3.8) is 0 Å². The smallest absolute Gasteiger partial charge is 0.143 e. The van der Waals surface area contributed by atoms with Crippen LogP contribution in [0.3, 0.4) is 0 Å². The summed E-state index contributed by atoms with van der Waals surface area (Å²) in [5.74, 6) is 5.63. The number of ketones is 2. The van der Waals surface area contributed by atoms with Crippen molar-refractivity contribution in [2.45, 2.75) is 151 Å². The SMILES string of the molecule is CCCCCC(C(C)=O)C(=O)CC1CC[C@@]2(C)C(=CCC3C2CC[C@@]2(C)C3CC[C@@H]2[C@H](C)CCCC(C)C)C1. The fourth-order valence-electron chi connectivity index (χ4n) is 10.6. The predicted molar refractivity (Wildman–Crippen MR) is 164 cm³/mol. The third-order valence-electron chi connectivity index (χ3n) is 12.9. The van der Waals surface area contributed by atoms with Crippen LogP contribution in [0.25, 0.3) is 0 Å². The van der Waals surface area contributed by atoms with Crippen molar-refractivity contribution in [1.82, 2.24) is 0 Å². The number of fused-ring (bicyclic) bond motifs is 5. The van der Waals surface area contributed by atoms with E-state index < -0.39 is 0 Å². The van der Waals surface area contributed by atoms with E-state index in [1.54, 1.807) is 12.5 Å². The maximum absolute atomic E-state index is 13.2. The quantitative estimate of drug-likeness (QED) is 0.133. The Morgan fingerprint density at radius 1 is 0.923 bits per heavy atom. The molecule has 0 spiro atoms. The van der Waals surface area contributed by atoms with E-state index in [2.05, 4.69) is 47.6 Å². The highest BCUT2D eigenvalue weighted by molar-refractivity contribution is 6.01. The average Bonchev–Trinajstić information content (AvgIpc) is 3.23. The molecule has 0 heterocycles. The van der Waals surface area contributed by atoms with Crippen LogP contribution in [0.4, 0.5) is 0 Å². The number of unbranched alkanes of at least 4 members (excludes halogenated alkanes) is 2. The van der Waals surface area contributed by atoms with Gasteiger partial charge in [0.2, 0.25) is 0 Å². The minimum Gasteiger partial charge on any atom is -0.299 e. The number of allylic oxidation sites excluding steroid dienone is 2. The molecule has 3 saturated carbocycles. The largest absolute Gasteiger partial charge is 0.299 e. The Balaban J connectivity index is 1.39. The third-order valence-corrected chi connectivity index (χ3v) is 12.9. The molecule has 0 amide bonds. The lowest BCUT2D eigenvalue weighted by Gasteiger charge is -2.58. The van der Waals surface area contributed by atoms with E-state index in [1.165, 1.54) is 64.2 Å². The zero-order chi connectivity index (χ0) is 28.4. The highest BCUT2D eigenvalue weighted by atomic mass is 16.1. The minimum absolute atomic E-state index is 0.0887. The van der Waals surface area contributed by atoms with Crippen molar-refractivity contribution in [3.05, 3.63) is 11.6 Å².